The minimum atomic E-state index is -3.57. The van der Waals surface area contributed by atoms with Gasteiger partial charge in [-0.3, -0.25) is 0 Å². The Morgan fingerprint density at radius 3 is 2.59 bits per heavy atom. The van der Waals surface area contributed by atoms with Crippen molar-refractivity contribution in [3.8, 4) is 0 Å². The van der Waals surface area contributed by atoms with E-state index < -0.39 is 22.1 Å². The number of carbonyl (C=O) groups is 1. The lowest BCUT2D eigenvalue weighted by molar-refractivity contribution is 0.0265. The van der Waals surface area contributed by atoms with Crippen LogP contribution < -0.4 is 0 Å². The first kappa shape index (κ1) is 19.5. The van der Waals surface area contributed by atoms with Gasteiger partial charge in [-0.2, -0.15) is 9.29 Å². The standard InChI is InChI=1S/C18H23N3O5S/c1-12-6-4-5-11-21(12)27(23,24)16-9-7-15(8-10-16)18(22)25-13(2)17-19-14(3)20-26-17/h7-10,12-13H,4-6,11H2,1-3H3. The summed E-state index contributed by atoms with van der Waals surface area (Å²) in [6, 6.07) is 5.77. The van der Waals surface area contributed by atoms with Crippen LogP contribution in [-0.4, -0.2) is 41.4 Å². The zero-order valence-electron chi connectivity index (χ0n) is 15.6. The molecule has 1 aromatic heterocycles. The number of rotatable bonds is 5. The predicted octanol–water partition coefficient (Wildman–Crippen LogP) is 2.86. The zero-order valence-corrected chi connectivity index (χ0v) is 16.4. The highest BCUT2D eigenvalue weighted by atomic mass is 32.2. The molecular formula is C18H23N3O5S. The number of benzene rings is 1. The molecule has 1 aliphatic heterocycles. The molecule has 1 fully saturated rings. The summed E-state index contributed by atoms with van der Waals surface area (Å²) >= 11 is 0. The van der Waals surface area contributed by atoms with Gasteiger partial charge < -0.3 is 9.26 Å². The maximum absolute atomic E-state index is 12.8. The topological polar surface area (TPSA) is 103 Å². The second-order valence-corrected chi connectivity index (χ2v) is 8.60. The molecule has 9 heteroatoms. The van der Waals surface area contributed by atoms with Crippen molar-refractivity contribution in [2.24, 2.45) is 0 Å². The third kappa shape index (κ3) is 4.19. The lowest BCUT2D eigenvalue weighted by Gasteiger charge is -2.32. The first-order valence-electron chi connectivity index (χ1n) is 8.92. The number of aryl methyl sites for hydroxylation is 1. The summed E-state index contributed by atoms with van der Waals surface area (Å²) in [5, 5.41) is 3.66. The third-order valence-electron chi connectivity index (χ3n) is 4.61. The molecule has 1 aromatic carbocycles. The fraction of sp³-hybridized carbons (Fsp3) is 0.500. The van der Waals surface area contributed by atoms with Crippen molar-refractivity contribution < 1.29 is 22.5 Å². The van der Waals surface area contributed by atoms with Gasteiger partial charge in [-0.25, -0.2) is 13.2 Å². The molecule has 1 aliphatic rings. The molecule has 0 bridgehead atoms. The van der Waals surface area contributed by atoms with E-state index in [9.17, 15) is 13.2 Å². The van der Waals surface area contributed by atoms with E-state index in [4.69, 9.17) is 9.26 Å². The molecule has 0 saturated carbocycles. The molecule has 0 aliphatic carbocycles. The molecule has 3 rings (SSSR count). The van der Waals surface area contributed by atoms with Crippen LogP contribution in [0.2, 0.25) is 0 Å². The van der Waals surface area contributed by atoms with E-state index >= 15 is 0 Å². The fourth-order valence-corrected chi connectivity index (χ4v) is 4.78. The summed E-state index contributed by atoms with van der Waals surface area (Å²) in [6.07, 6.45) is 2.06. The molecule has 1 saturated heterocycles. The van der Waals surface area contributed by atoms with Gasteiger partial charge in [0.25, 0.3) is 5.89 Å². The summed E-state index contributed by atoms with van der Waals surface area (Å²) in [4.78, 5) is 16.5. The Bertz CT molecular complexity index is 907. The maximum Gasteiger partial charge on any atom is 0.338 e. The van der Waals surface area contributed by atoms with E-state index in [1.54, 1.807) is 13.8 Å². The first-order valence-corrected chi connectivity index (χ1v) is 10.4. The van der Waals surface area contributed by atoms with Crippen LogP contribution in [0.25, 0.3) is 0 Å². The van der Waals surface area contributed by atoms with Crippen molar-refractivity contribution in [2.75, 3.05) is 6.54 Å². The minimum Gasteiger partial charge on any atom is -0.449 e. The van der Waals surface area contributed by atoms with E-state index in [0.717, 1.165) is 19.3 Å². The Balaban J connectivity index is 1.71. The molecule has 0 N–H and O–H groups in total. The Kier molecular flexibility index (Phi) is 5.61. The lowest BCUT2D eigenvalue weighted by atomic mass is 10.1. The third-order valence-corrected chi connectivity index (χ3v) is 6.64. The zero-order chi connectivity index (χ0) is 19.6. The van der Waals surface area contributed by atoms with E-state index in [1.807, 2.05) is 6.92 Å². The van der Waals surface area contributed by atoms with Gasteiger partial charge in [0.15, 0.2) is 11.9 Å². The average Bonchev–Trinajstić information content (AvgIpc) is 3.08. The first-order chi connectivity index (χ1) is 12.8. The Labute approximate surface area is 158 Å². The molecule has 27 heavy (non-hydrogen) atoms. The number of hydrogen-bond donors (Lipinski definition) is 0. The summed E-state index contributed by atoms with van der Waals surface area (Å²) < 4.78 is 37.5. The van der Waals surface area contributed by atoms with Crippen molar-refractivity contribution in [3.63, 3.8) is 0 Å². The fourth-order valence-electron chi connectivity index (χ4n) is 3.08. The number of ether oxygens (including phenoxy) is 1. The van der Waals surface area contributed by atoms with Crippen LogP contribution in [-0.2, 0) is 14.8 Å². The van der Waals surface area contributed by atoms with Crippen molar-refractivity contribution in [2.45, 2.75) is 57.1 Å². The molecule has 0 radical (unpaired) electrons. The van der Waals surface area contributed by atoms with Gasteiger partial charge in [0.05, 0.1) is 10.5 Å². The van der Waals surface area contributed by atoms with Gasteiger partial charge in [-0.05, 0) is 57.9 Å². The highest BCUT2D eigenvalue weighted by Gasteiger charge is 2.31. The summed E-state index contributed by atoms with van der Waals surface area (Å²) in [5.74, 6) is 0.0715. The van der Waals surface area contributed by atoms with Gasteiger partial charge in [0.1, 0.15) is 0 Å². The van der Waals surface area contributed by atoms with Crippen LogP contribution >= 0.6 is 0 Å². The van der Waals surface area contributed by atoms with Crippen LogP contribution in [0.4, 0.5) is 0 Å². The Morgan fingerprint density at radius 1 is 1.30 bits per heavy atom. The molecule has 0 spiro atoms. The molecular weight excluding hydrogens is 370 g/mol. The Hall–Kier alpha value is -2.26. The number of aromatic nitrogens is 2. The van der Waals surface area contributed by atoms with Gasteiger partial charge in [-0.15, -0.1) is 0 Å². The summed E-state index contributed by atoms with van der Waals surface area (Å²) in [7, 11) is -3.57. The summed E-state index contributed by atoms with van der Waals surface area (Å²) in [6.45, 7) is 5.74. The molecule has 2 heterocycles. The SMILES string of the molecule is Cc1noc(C(C)OC(=O)c2ccc(S(=O)(=O)N3CCCCC3C)cc2)n1. The van der Waals surface area contributed by atoms with Crippen molar-refractivity contribution in [3.05, 3.63) is 41.5 Å². The number of carbonyl (C=O) groups excluding carboxylic acids is 1. The van der Waals surface area contributed by atoms with Crippen molar-refractivity contribution in [1.29, 1.82) is 0 Å². The van der Waals surface area contributed by atoms with Crippen molar-refractivity contribution in [1.82, 2.24) is 14.4 Å². The second-order valence-electron chi connectivity index (χ2n) is 6.71. The lowest BCUT2D eigenvalue weighted by Crippen LogP contribution is -2.41. The van der Waals surface area contributed by atoms with Crippen LogP contribution in [0.3, 0.4) is 0 Å². The number of sulfonamides is 1. The summed E-state index contributed by atoms with van der Waals surface area (Å²) in [5.41, 5.74) is 0.253. The molecule has 146 valence electrons. The normalized spacial score (nSPS) is 19.6. The Morgan fingerprint density at radius 2 is 2.00 bits per heavy atom. The molecule has 2 atom stereocenters. The number of piperidine rings is 1. The average molecular weight is 393 g/mol. The quantitative estimate of drug-likeness (QED) is 0.720. The number of nitrogens with zero attached hydrogens (tertiary/aromatic N) is 3. The van der Waals surface area contributed by atoms with E-state index in [1.165, 1.54) is 28.6 Å². The monoisotopic (exact) mass is 393 g/mol. The van der Waals surface area contributed by atoms with Crippen molar-refractivity contribution >= 4 is 16.0 Å². The van der Waals surface area contributed by atoms with Gasteiger partial charge in [0, 0.05) is 12.6 Å². The number of esters is 1. The van der Waals surface area contributed by atoms with Gasteiger partial charge in [-0.1, -0.05) is 11.6 Å². The highest BCUT2D eigenvalue weighted by Crippen LogP contribution is 2.25. The van der Waals surface area contributed by atoms with Gasteiger partial charge >= 0.3 is 5.97 Å². The molecule has 8 nitrogen and oxygen atoms in total. The molecule has 2 unspecified atom stereocenters. The van der Waals surface area contributed by atoms with Crippen LogP contribution in [0.5, 0.6) is 0 Å². The minimum absolute atomic E-state index is 0.0212. The predicted molar refractivity (Wildman–Crippen MR) is 96.5 cm³/mol. The van der Waals surface area contributed by atoms with E-state index in [0.29, 0.717) is 12.4 Å². The largest absolute Gasteiger partial charge is 0.449 e. The number of hydrogen-bond acceptors (Lipinski definition) is 7. The molecule has 0 amide bonds. The van der Waals surface area contributed by atoms with Crippen LogP contribution in [0.1, 0.15) is 61.3 Å². The highest BCUT2D eigenvalue weighted by molar-refractivity contribution is 7.89. The molecule has 2 aromatic rings. The van der Waals surface area contributed by atoms with Crippen LogP contribution in [0, 0.1) is 6.92 Å². The smallest absolute Gasteiger partial charge is 0.338 e. The van der Waals surface area contributed by atoms with Gasteiger partial charge in [0.2, 0.25) is 10.0 Å². The maximum atomic E-state index is 12.8. The second kappa shape index (κ2) is 7.77. The van der Waals surface area contributed by atoms with E-state index in [-0.39, 0.29) is 22.4 Å². The van der Waals surface area contributed by atoms with Crippen LogP contribution in [0.15, 0.2) is 33.7 Å². The van der Waals surface area contributed by atoms with E-state index in [2.05, 4.69) is 10.1 Å².